The number of rotatable bonds is 3. The maximum atomic E-state index is 12.5. The highest BCUT2D eigenvalue weighted by Gasteiger charge is 2.37. The van der Waals surface area contributed by atoms with Crippen molar-refractivity contribution in [2.75, 3.05) is 7.05 Å². The highest BCUT2D eigenvalue weighted by Crippen LogP contribution is 2.33. The second kappa shape index (κ2) is 5.83. The molecule has 1 N–H and O–H groups in total. The van der Waals surface area contributed by atoms with Crippen molar-refractivity contribution >= 4 is 21.6 Å². The van der Waals surface area contributed by atoms with E-state index < -0.39 is 10.0 Å². The van der Waals surface area contributed by atoms with Gasteiger partial charge in [-0.15, -0.1) is 0 Å². The Morgan fingerprint density at radius 2 is 2.00 bits per heavy atom. The van der Waals surface area contributed by atoms with Gasteiger partial charge in [0, 0.05) is 24.3 Å². The molecule has 2 aliphatic heterocycles. The molecule has 5 nitrogen and oxygen atoms in total. The number of hydrogen-bond donors (Lipinski definition) is 1. The van der Waals surface area contributed by atoms with E-state index >= 15 is 0 Å². The van der Waals surface area contributed by atoms with Crippen LogP contribution in [0.3, 0.4) is 0 Å². The number of nitrogens with zero attached hydrogens (tertiary/aromatic N) is 2. The van der Waals surface area contributed by atoms with Crippen molar-refractivity contribution in [1.82, 2.24) is 14.6 Å². The minimum atomic E-state index is -3.60. The summed E-state index contributed by atoms with van der Waals surface area (Å²) in [5.74, 6) is 0. The van der Waals surface area contributed by atoms with Gasteiger partial charge >= 0.3 is 0 Å². The fourth-order valence-electron chi connectivity index (χ4n) is 3.57. The summed E-state index contributed by atoms with van der Waals surface area (Å²) in [5, 5.41) is 0.0260. The third-order valence-electron chi connectivity index (χ3n) is 4.68. The van der Waals surface area contributed by atoms with Crippen LogP contribution in [0.4, 0.5) is 0 Å². The molecule has 0 spiro atoms. The number of sulfonamides is 1. The summed E-state index contributed by atoms with van der Waals surface area (Å²) >= 11 is 5.91. The van der Waals surface area contributed by atoms with Crippen molar-refractivity contribution in [3.63, 3.8) is 0 Å². The molecule has 0 saturated carbocycles. The topological polar surface area (TPSA) is 62.3 Å². The van der Waals surface area contributed by atoms with Crippen LogP contribution >= 0.6 is 11.6 Å². The van der Waals surface area contributed by atoms with Crippen molar-refractivity contribution < 1.29 is 8.42 Å². The summed E-state index contributed by atoms with van der Waals surface area (Å²) < 4.78 is 27.8. The molecule has 2 aliphatic rings. The quantitative estimate of drug-likeness (QED) is 0.862. The molecule has 1 aromatic heterocycles. The lowest BCUT2D eigenvalue weighted by Gasteiger charge is -2.47. The van der Waals surface area contributed by atoms with Gasteiger partial charge in [-0.1, -0.05) is 18.0 Å². The van der Waals surface area contributed by atoms with Gasteiger partial charge in [-0.3, -0.25) is 0 Å². The van der Waals surface area contributed by atoms with Crippen LogP contribution in [-0.4, -0.2) is 43.5 Å². The summed E-state index contributed by atoms with van der Waals surface area (Å²) in [7, 11) is -1.45. The van der Waals surface area contributed by atoms with Gasteiger partial charge in [-0.25, -0.2) is 18.1 Å². The predicted molar refractivity (Wildman–Crippen MR) is 81.8 cm³/mol. The van der Waals surface area contributed by atoms with Crippen molar-refractivity contribution in [3.8, 4) is 0 Å². The molecule has 2 atom stereocenters. The highest BCUT2D eigenvalue weighted by atomic mass is 35.5. The number of pyridine rings is 1. The van der Waals surface area contributed by atoms with Crippen molar-refractivity contribution in [2.45, 2.75) is 55.1 Å². The first-order valence-corrected chi connectivity index (χ1v) is 9.18. The van der Waals surface area contributed by atoms with Crippen LogP contribution in [-0.2, 0) is 10.0 Å². The van der Waals surface area contributed by atoms with Gasteiger partial charge in [0.25, 0.3) is 0 Å². The van der Waals surface area contributed by atoms with E-state index in [-0.39, 0.29) is 16.1 Å². The molecular weight excluding hydrogens is 310 g/mol. The van der Waals surface area contributed by atoms with Crippen LogP contribution in [0.2, 0.25) is 5.15 Å². The van der Waals surface area contributed by atoms with E-state index in [4.69, 9.17) is 11.6 Å². The zero-order valence-corrected chi connectivity index (χ0v) is 13.6. The Morgan fingerprint density at radius 3 is 2.62 bits per heavy atom. The molecule has 0 radical (unpaired) electrons. The molecule has 0 amide bonds. The second-order valence-electron chi connectivity index (χ2n) is 5.99. The van der Waals surface area contributed by atoms with Crippen LogP contribution in [0.15, 0.2) is 23.2 Å². The van der Waals surface area contributed by atoms with Crippen LogP contribution in [0.25, 0.3) is 0 Å². The molecule has 2 bridgehead atoms. The first kappa shape index (κ1) is 15.2. The molecule has 0 aromatic carbocycles. The van der Waals surface area contributed by atoms with Gasteiger partial charge in [-0.05, 0) is 44.9 Å². The summed E-state index contributed by atoms with van der Waals surface area (Å²) in [5.41, 5.74) is 0. The minimum absolute atomic E-state index is 0.0160. The Morgan fingerprint density at radius 1 is 1.33 bits per heavy atom. The van der Waals surface area contributed by atoms with Crippen molar-refractivity contribution in [2.24, 2.45) is 0 Å². The first-order valence-electron chi connectivity index (χ1n) is 7.32. The maximum absolute atomic E-state index is 12.5. The minimum Gasteiger partial charge on any atom is -0.300 e. The molecule has 0 aliphatic carbocycles. The molecule has 3 heterocycles. The SMILES string of the molecule is CN1C2CCCC1CC(NS(=O)(=O)c1cccnc1Cl)C2. The lowest BCUT2D eigenvalue weighted by molar-refractivity contribution is 0.0536. The number of fused-ring (bicyclic) bond motifs is 2. The summed E-state index contributed by atoms with van der Waals surface area (Å²) in [6.45, 7) is 0. The van der Waals surface area contributed by atoms with E-state index in [1.807, 2.05) is 0 Å². The Hall–Kier alpha value is -0.690. The van der Waals surface area contributed by atoms with Gasteiger partial charge in [0.1, 0.15) is 10.0 Å². The monoisotopic (exact) mass is 329 g/mol. The zero-order chi connectivity index (χ0) is 15.0. The highest BCUT2D eigenvalue weighted by molar-refractivity contribution is 7.89. The van der Waals surface area contributed by atoms with Gasteiger partial charge in [0.2, 0.25) is 10.0 Å². The molecular formula is C14H20ClN3O2S. The third-order valence-corrected chi connectivity index (χ3v) is 6.64. The fourth-order valence-corrected chi connectivity index (χ4v) is 5.28. The number of hydrogen-bond acceptors (Lipinski definition) is 4. The average Bonchev–Trinajstić information content (AvgIpc) is 2.40. The normalized spacial score (nSPS) is 30.3. The van der Waals surface area contributed by atoms with E-state index in [1.54, 1.807) is 6.07 Å². The molecule has 3 rings (SSSR count). The Labute approximate surface area is 130 Å². The number of halogens is 1. The molecule has 2 unspecified atom stereocenters. The summed E-state index contributed by atoms with van der Waals surface area (Å²) in [4.78, 5) is 6.32. The standard InChI is InChI=1S/C14H20ClN3O2S/c1-18-11-4-2-5-12(18)9-10(8-11)17-21(19,20)13-6-3-7-16-14(13)15/h3,6-7,10-12,17H,2,4-5,8-9H2,1H3. The number of piperidine rings is 2. The van der Waals surface area contributed by atoms with E-state index in [0.717, 1.165) is 25.7 Å². The van der Waals surface area contributed by atoms with Gasteiger partial charge in [0.05, 0.1) is 0 Å². The van der Waals surface area contributed by atoms with Crippen LogP contribution in [0.1, 0.15) is 32.1 Å². The Kier molecular flexibility index (Phi) is 4.23. The fraction of sp³-hybridized carbons (Fsp3) is 0.643. The third kappa shape index (κ3) is 3.08. The molecule has 2 fully saturated rings. The van der Waals surface area contributed by atoms with Crippen LogP contribution < -0.4 is 4.72 Å². The predicted octanol–water partition coefficient (Wildman–Crippen LogP) is 2.03. The zero-order valence-electron chi connectivity index (χ0n) is 12.0. The summed E-state index contributed by atoms with van der Waals surface area (Å²) in [6.07, 6.45) is 6.76. The molecule has 1 aromatic rings. The second-order valence-corrected chi connectivity index (χ2v) is 8.03. The molecule has 7 heteroatoms. The number of aromatic nitrogens is 1. The van der Waals surface area contributed by atoms with Crippen molar-refractivity contribution in [3.05, 3.63) is 23.5 Å². The smallest absolute Gasteiger partial charge is 0.243 e. The molecule has 116 valence electrons. The van der Waals surface area contributed by atoms with Crippen molar-refractivity contribution in [1.29, 1.82) is 0 Å². The lowest BCUT2D eigenvalue weighted by atomic mass is 9.83. The Balaban J connectivity index is 1.76. The van der Waals surface area contributed by atoms with E-state index in [9.17, 15) is 8.42 Å². The summed E-state index contributed by atoms with van der Waals surface area (Å²) in [6, 6.07) is 4.03. The maximum Gasteiger partial charge on any atom is 0.243 e. The average molecular weight is 330 g/mol. The largest absolute Gasteiger partial charge is 0.300 e. The van der Waals surface area contributed by atoms with Gasteiger partial charge < -0.3 is 4.90 Å². The van der Waals surface area contributed by atoms with Gasteiger partial charge in [0.15, 0.2) is 0 Å². The van der Waals surface area contributed by atoms with E-state index in [1.165, 1.54) is 18.7 Å². The van der Waals surface area contributed by atoms with Crippen LogP contribution in [0.5, 0.6) is 0 Å². The van der Waals surface area contributed by atoms with Gasteiger partial charge in [-0.2, -0.15) is 0 Å². The molecule has 21 heavy (non-hydrogen) atoms. The molecule has 2 saturated heterocycles. The van der Waals surface area contributed by atoms with Crippen LogP contribution in [0, 0.1) is 0 Å². The lowest BCUT2D eigenvalue weighted by Crippen LogP contribution is -2.55. The number of nitrogens with one attached hydrogen (secondary N) is 1. The Bertz CT molecular complexity index is 608. The van der Waals surface area contributed by atoms with E-state index in [2.05, 4.69) is 21.7 Å². The van der Waals surface area contributed by atoms with E-state index in [0.29, 0.717) is 12.1 Å². The first-order chi connectivity index (χ1) is 9.97.